The van der Waals surface area contributed by atoms with E-state index in [1.807, 2.05) is 0 Å². The third kappa shape index (κ3) is 5.66. The van der Waals surface area contributed by atoms with Crippen LogP contribution in [0.2, 0.25) is 0 Å². The number of benzene rings is 3. The molecule has 0 bridgehead atoms. The number of anilines is 2. The van der Waals surface area contributed by atoms with Gasteiger partial charge in [-0.15, -0.1) is 0 Å². The molecular weight excluding hydrogens is 448 g/mol. The summed E-state index contributed by atoms with van der Waals surface area (Å²) >= 11 is 0. The van der Waals surface area contributed by atoms with Crippen LogP contribution in [0.15, 0.2) is 65.6 Å². The number of hydrogen-bond donors (Lipinski definition) is 2. The Labute approximate surface area is 192 Å². The van der Waals surface area contributed by atoms with Gasteiger partial charge in [-0.25, -0.2) is 8.42 Å². The van der Waals surface area contributed by atoms with Crippen molar-refractivity contribution in [3.63, 3.8) is 0 Å². The summed E-state index contributed by atoms with van der Waals surface area (Å²) in [5, 5.41) is 2.72. The van der Waals surface area contributed by atoms with Crippen LogP contribution in [0.25, 0.3) is 0 Å². The Balaban J connectivity index is 1.76. The van der Waals surface area contributed by atoms with Gasteiger partial charge in [0.1, 0.15) is 23.0 Å². The lowest BCUT2D eigenvalue weighted by molar-refractivity contribution is 0.102. The van der Waals surface area contributed by atoms with Crippen LogP contribution in [0.5, 0.6) is 23.0 Å². The zero-order valence-corrected chi connectivity index (χ0v) is 19.4. The lowest BCUT2D eigenvalue weighted by Gasteiger charge is -2.13. The molecule has 33 heavy (non-hydrogen) atoms. The van der Waals surface area contributed by atoms with Crippen molar-refractivity contribution in [1.82, 2.24) is 0 Å². The minimum Gasteiger partial charge on any atom is -0.497 e. The van der Waals surface area contributed by atoms with Gasteiger partial charge in [0.15, 0.2) is 0 Å². The number of methoxy groups -OCH3 is 4. The summed E-state index contributed by atoms with van der Waals surface area (Å²) in [6, 6.07) is 15.3. The van der Waals surface area contributed by atoms with Gasteiger partial charge in [-0.1, -0.05) is 0 Å². The maximum atomic E-state index is 12.8. The van der Waals surface area contributed by atoms with Crippen LogP contribution in [0.3, 0.4) is 0 Å². The Morgan fingerprint density at radius 2 is 1.33 bits per heavy atom. The molecule has 3 rings (SSSR count). The Bertz CT molecular complexity index is 1220. The van der Waals surface area contributed by atoms with Gasteiger partial charge in [0.05, 0.1) is 39.0 Å². The lowest BCUT2D eigenvalue weighted by Crippen LogP contribution is -2.15. The summed E-state index contributed by atoms with van der Waals surface area (Å²) in [6.45, 7) is 0. The molecular formula is C23H24N2O7S. The van der Waals surface area contributed by atoms with Gasteiger partial charge in [0.2, 0.25) is 0 Å². The number of carbonyl (C=O) groups excluding carboxylic acids is 1. The van der Waals surface area contributed by atoms with Crippen molar-refractivity contribution in [3.8, 4) is 23.0 Å². The first-order valence-corrected chi connectivity index (χ1v) is 11.2. The van der Waals surface area contributed by atoms with E-state index in [2.05, 4.69) is 10.0 Å². The number of ether oxygens (including phenoxy) is 4. The maximum Gasteiger partial charge on any atom is 0.262 e. The number of carbonyl (C=O) groups is 1. The molecule has 0 saturated carbocycles. The van der Waals surface area contributed by atoms with Gasteiger partial charge in [-0.05, 0) is 48.5 Å². The van der Waals surface area contributed by atoms with Crippen molar-refractivity contribution in [2.24, 2.45) is 0 Å². The molecule has 0 aliphatic carbocycles. The standard InChI is InChI=1S/C23H24N2O7S/c1-29-17-7-10-21(22(14-17)32-4)25-33(27,28)20-8-5-16(6-9-20)24-23(26)15-11-18(30-2)13-19(12-15)31-3/h5-14,25H,1-4H3,(H,24,26). The van der Waals surface area contributed by atoms with E-state index in [1.54, 1.807) is 36.4 Å². The van der Waals surface area contributed by atoms with Crippen LogP contribution in [0, 0.1) is 0 Å². The SMILES string of the molecule is COc1cc(OC)cc(C(=O)Nc2ccc(S(=O)(=O)Nc3ccc(OC)cc3OC)cc2)c1. The van der Waals surface area contributed by atoms with Crippen molar-refractivity contribution in [2.75, 3.05) is 38.5 Å². The molecule has 0 fully saturated rings. The number of sulfonamides is 1. The van der Waals surface area contributed by atoms with Crippen LogP contribution < -0.4 is 29.0 Å². The summed E-state index contributed by atoms with van der Waals surface area (Å²) < 4.78 is 48.8. The highest BCUT2D eigenvalue weighted by atomic mass is 32.2. The van der Waals surface area contributed by atoms with Gasteiger partial charge in [-0.2, -0.15) is 0 Å². The van der Waals surface area contributed by atoms with E-state index >= 15 is 0 Å². The summed E-state index contributed by atoms with van der Waals surface area (Å²) in [5.74, 6) is 1.39. The molecule has 0 atom stereocenters. The summed E-state index contributed by atoms with van der Waals surface area (Å²) in [7, 11) is 2.02. The zero-order valence-electron chi connectivity index (χ0n) is 18.5. The van der Waals surface area contributed by atoms with E-state index in [1.165, 1.54) is 52.7 Å². The first-order valence-electron chi connectivity index (χ1n) is 9.69. The first-order chi connectivity index (χ1) is 15.8. The van der Waals surface area contributed by atoms with Crippen LogP contribution in [0.1, 0.15) is 10.4 Å². The molecule has 0 aromatic heterocycles. The lowest BCUT2D eigenvalue weighted by atomic mass is 10.2. The smallest absolute Gasteiger partial charge is 0.262 e. The molecule has 2 N–H and O–H groups in total. The van der Waals surface area contributed by atoms with Crippen molar-refractivity contribution in [3.05, 3.63) is 66.2 Å². The van der Waals surface area contributed by atoms with E-state index in [0.717, 1.165) is 0 Å². The van der Waals surface area contributed by atoms with Gasteiger partial charge in [-0.3, -0.25) is 9.52 Å². The average molecular weight is 473 g/mol. The van der Waals surface area contributed by atoms with E-state index in [0.29, 0.717) is 34.2 Å². The fourth-order valence-electron chi connectivity index (χ4n) is 2.95. The molecule has 0 unspecified atom stereocenters. The fourth-order valence-corrected chi connectivity index (χ4v) is 4.02. The molecule has 10 heteroatoms. The Morgan fingerprint density at radius 3 is 1.88 bits per heavy atom. The largest absolute Gasteiger partial charge is 0.497 e. The number of amides is 1. The predicted molar refractivity (Wildman–Crippen MR) is 124 cm³/mol. The second-order valence-electron chi connectivity index (χ2n) is 6.75. The molecule has 0 aliphatic rings. The third-order valence-electron chi connectivity index (χ3n) is 4.69. The summed E-state index contributed by atoms with van der Waals surface area (Å²) in [4.78, 5) is 12.6. The topological polar surface area (TPSA) is 112 Å². The third-order valence-corrected chi connectivity index (χ3v) is 6.07. The zero-order chi connectivity index (χ0) is 24.0. The molecule has 9 nitrogen and oxygen atoms in total. The molecule has 0 aliphatic heterocycles. The molecule has 0 saturated heterocycles. The van der Waals surface area contributed by atoms with Crippen LogP contribution >= 0.6 is 0 Å². The number of rotatable bonds is 9. The maximum absolute atomic E-state index is 12.8. The molecule has 0 radical (unpaired) electrons. The van der Waals surface area contributed by atoms with Gasteiger partial charge >= 0.3 is 0 Å². The molecule has 0 heterocycles. The highest BCUT2D eigenvalue weighted by molar-refractivity contribution is 7.92. The van der Waals surface area contributed by atoms with Crippen LogP contribution in [-0.2, 0) is 10.0 Å². The molecule has 3 aromatic rings. The Kier molecular flexibility index (Phi) is 7.29. The average Bonchev–Trinajstić information content (AvgIpc) is 2.83. The monoisotopic (exact) mass is 472 g/mol. The van der Waals surface area contributed by atoms with Crippen LogP contribution in [0.4, 0.5) is 11.4 Å². The van der Waals surface area contributed by atoms with Crippen molar-refractivity contribution >= 4 is 27.3 Å². The fraction of sp³-hybridized carbons (Fsp3) is 0.174. The molecule has 3 aromatic carbocycles. The molecule has 1 amide bonds. The second-order valence-corrected chi connectivity index (χ2v) is 8.43. The Hall–Kier alpha value is -3.92. The number of nitrogens with one attached hydrogen (secondary N) is 2. The van der Waals surface area contributed by atoms with Crippen LogP contribution in [-0.4, -0.2) is 42.8 Å². The first kappa shape index (κ1) is 23.7. The van der Waals surface area contributed by atoms with E-state index < -0.39 is 15.9 Å². The van der Waals surface area contributed by atoms with E-state index in [9.17, 15) is 13.2 Å². The second kappa shape index (κ2) is 10.1. The number of hydrogen-bond acceptors (Lipinski definition) is 7. The van der Waals surface area contributed by atoms with Crippen molar-refractivity contribution in [1.29, 1.82) is 0 Å². The quantitative estimate of drug-likeness (QED) is 0.487. The molecule has 174 valence electrons. The Morgan fingerprint density at radius 1 is 0.727 bits per heavy atom. The van der Waals surface area contributed by atoms with E-state index in [-0.39, 0.29) is 10.6 Å². The minimum absolute atomic E-state index is 0.0152. The van der Waals surface area contributed by atoms with Crippen molar-refractivity contribution in [2.45, 2.75) is 4.90 Å². The predicted octanol–water partition coefficient (Wildman–Crippen LogP) is 3.77. The summed E-state index contributed by atoms with van der Waals surface area (Å²) in [5.41, 5.74) is 1.02. The summed E-state index contributed by atoms with van der Waals surface area (Å²) in [6.07, 6.45) is 0. The van der Waals surface area contributed by atoms with E-state index in [4.69, 9.17) is 18.9 Å². The highest BCUT2D eigenvalue weighted by Crippen LogP contribution is 2.31. The van der Waals surface area contributed by atoms with Crippen molar-refractivity contribution < 1.29 is 32.2 Å². The highest BCUT2D eigenvalue weighted by Gasteiger charge is 2.18. The minimum atomic E-state index is -3.90. The van der Waals surface area contributed by atoms with Gasteiger partial charge < -0.3 is 24.3 Å². The van der Waals surface area contributed by atoms with Gasteiger partial charge in [0.25, 0.3) is 15.9 Å². The normalized spacial score (nSPS) is 10.8. The molecule has 0 spiro atoms. The van der Waals surface area contributed by atoms with Gasteiger partial charge in [0, 0.05) is 23.4 Å².